The molecular formula is C21H20FNO3S2. The Balaban J connectivity index is 2.13. The van der Waals surface area contributed by atoms with E-state index in [0.29, 0.717) is 4.88 Å². The normalized spacial score (nSPS) is 11.4. The van der Waals surface area contributed by atoms with Gasteiger partial charge in [0.25, 0.3) is 5.91 Å². The monoisotopic (exact) mass is 417 g/mol. The Labute approximate surface area is 168 Å². The summed E-state index contributed by atoms with van der Waals surface area (Å²) in [6.45, 7) is 1.61. The van der Waals surface area contributed by atoms with Crippen LogP contribution in [0, 0.1) is 5.82 Å². The van der Waals surface area contributed by atoms with Gasteiger partial charge in [0, 0.05) is 24.5 Å². The molecule has 0 saturated carbocycles. The Kier molecular flexibility index (Phi) is 5.67. The van der Waals surface area contributed by atoms with E-state index in [0.717, 1.165) is 21.6 Å². The van der Waals surface area contributed by atoms with Gasteiger partial charge in [-0.15, -0.1) is 11.3 Å². The maximum Gasteiger partial charge on any atom is 0.263 e. The fraction of sp³-hybridized carbons (Fsp3) is 0.190. The number of amides is 1. The minimum absolute atomic E-state index is 0.0348. The summed E-state index contributed by atoms with van der Waals surface area (Å²) in [6.07, 6.45) is 0. The molecule has 3 aromatic rings. The lowest BCUT2D eigenvalue weighted by Crippen LogP contribution is -2.20. The quantitative estimate of drug-likeness (QED) is 0.604. The number of carbonyl (C=O) groups excluding carboxylic acids is 1. The number of thiophene rings is 1. The van der Waals surface area contributed by atoms with Gasteiger partial charge in [-0.3, -0.25) is 4.79 Å². The second kappa shape index (κ2) is 7.85. The van der Waals surface area contributed by atoms with Crippen molar-refractivity contribution in [3.63, 3.8) is 0 Å². The predicted molar refractivity (Wildman–Crippen MR) is 111 cm³/mol. The number of rotatable bonds is 5. The average Bonchev–Trinajstić information content (AvgIpc) is 3.13. The number of sulfone groups is 1. The standard InChI is InChI=1S/C21H20FNO3S2/c1-4-28(25,26)17-11-7-14(8-12-17)18-13-19(21(24)23(2)3)27-20(18)15-5-9-16(22)10-6-15/h5-13H,4H2,1-3H3. The number of hydrogen-bond donors (Lipinski definition) is 0. The fourth-order valence-electron chi connectivity index (χ4n) is 2.76. The molecule has 2 aromatic carbocycles. The van der Waals surface area contributed by atoms with Gasteiger partial charge < -0.3 is 4.90 Å². The molecule has 0 radical (unpaired) electrons. The summed E-state index contributed by atoms with van der Waals surface area (Å²) in [6, 6.07) is 14.5. The van der Waals surface area contributed by atoms with E-state index >= 15 is 0 Å². The summed E-state index contributed by atoms with van der Waals surface area (Å²) in [5.41, 5.74) is 2.40. The van der Waals surface area contributed by atoms with Crippen molar-refractivity contribution in [3.8, 4) is 21.6 Å². The molecule has 0 N–H and O–H groups in total. The third kappa shape index (κ3) is 4.00. The number of halogens is 1. The Morgan fingerprint density at radius 1 is 1.00 bits per heavy atom. The van der Waals surface area contributed by atoms with Crippen LogP contribution >= 0.6 is 11.3 Å². The average molecular weight is 418 g/mol. The van der Waals surface area contributed by atoms with Crippen LogP contribution in [-0.2, 0) is 9.84 Å². The third-order valence-corrected chi connectivity index (χ3v) is 7.28. The molecule has 3 rings (SSSR count). The highest BCUT2D eigenvalue weighted by Crippen LogP contribution is 2.40. The van der Waals surface area contributed by atoms with Gasteiger partial charge in [-0.25, -0.2) is 12.8 Å². The summed E-state index contributed by atoms with van der Waals surface area (Å²) >= 11 is 1.33. The molecule has 0 fully saturated rings. The number of hydrogen-bond acceptors (Lipinski definition) is 4. The molecule has 0 aliphatic carbocycles. The molecular weight excluding hydrogens is 397 g/mol. The second-order valence-corrected chi connectivity index (χ2v) is 9.82. The first-order valence-electron chi connectivity index (χ1n) is 8.67. The summed E-state index contributed by atoms with van der Waals surface area (Å²) < 4.78 is 37.4. The van der Waals surface area contributed by atoms with Gasteiger partial charge in [-0.2, -0.15) is 0 Å². The number of benzene rings is 2. The van der Waals surface area contributed by atoms with Crippen LogP contribution in [0.5, 0.6) is 0 Å². The van der Waals surface area contributed by atoms with Crippen molar-refractivity contribution >= 4 is 27.1 Å². The van der Waals surface area contributed by atoms with Crippen molar-refractivity contribution in [3.05, 3.63) is 65.3 Å². The van der Waals surface area contributed by atoms with Crippen LogP contribution in [-0.4, -0.2) is 39.1 Å². The zero-order chi connectivity index (χ0) is 20.5. The molecule has 0 atom stereocenters. The molecule has 1 amide bonds. The maximum absolute atomic E-state index is 13.3. The Morgan fingerprint density at radius 3 is 2.11 bits per heavy atom. The van der Waals surface area contributed by atoms with E-state index in [1.54, 1.807) is 63.5 Å². The van der Waals surface area contributed by atoms with Gasteiger partial charge in [0.2, 0.25) is 0 Å². The number of nitrogens with zero attached hydrogens (tertiary/aromatic N) is 1. The number of carbonyl (C=O) groups is 1. The van der Waals surface area contributed by atoms with Crippen molar-refractivity contribution in [1.29, 1.82) is 0 Å². The van der Waals surface area contributed by atoms with E-state index in [1.165, 1.54) is 28.4 Å². The SMILES string of the molecule is CCS(=O)(=O)c1ccc(-c2cc(C(=O)N(C)C)sc2-c2ccc(F)cc2)cc1. The lowest BCUT2D eigenvalue weighted by atomic mass is 10.0. The van der Waals surface area contributed by atoms with E-state index in [1.807, 2.05) is 0 Å². The van der Waals surface area contributed by atoms with E-state index in [-0.39, 0.29) is 22.4 Å². The molecule has 146 valence electrons. The molecule has 0 aliphatic heterocycles. The van der Waals surface area contributed by atoms with E-state index in [2.05, 4.69) is 0 Å². The van der Waals surface area contributed by atoms with Gasteiger partial charge in [0.1, 0.15) is 5.82 Å². The van der Waals surface area contributed by atoms with Crippen molar-refractivity contribution in [2.75, 3.05) is 19.8 Å². The lowest BCUT2D eigenvalue weighted by Gasteiger charge is -2.07. The molecule has 4 nitrogen and oxygen atoms in total. The van der Waals surface area contributed by atoms with Crippen LogP contribution in [0.4, 0.5) is 4.39 Å². The molecule has 0 spiro atoms. The van der Waals surface area contributed by atoms with Crippen molar-refractivity contribution in [1.82, 2.24) is 4.90 Å². The highest BCUT2D eigenvalue weighted by atomic mass is 32.2. The fourth-order valence-corrected chi connectivity index (χ4v) is 4.85. The second-order valence-electron chi connectivity index (χ2n) is 6.49. The highest BCUT2D eigenvalue weighted by molar-refractivity contribution is 7.91. The highest BCUT2D eigenvalue weighted by Gasteiger charge is 2.19. The van der Waals surface area contributed by atoms with E-state index in [4.69, 9.17) is 0 Å². The van der Waals surface area contributed by atoms with Crippen LogP contribution in [0.1, 0.15) is 16.6 Å². The first-order valence-corrected chi connectivity index (χ1v) is 11.1. The largest absolute Gasteiger partial charge is 0.344 e. The smallest absolute Gasteiger partial charge is 0.263 e. The molecule has 28 heavy (non-hydrogen) atoms. The topological polar surface area (TPSA) is 54.5 Å². The van der Waals surface area contributed by atoms with Gasteiger partial charge in [-0.05, 0) is 41.5 Å². The van der Waals surface area contributed by atoms with Crippen LogP contribution in [0.2, 0.25) is 0 Å². The third-order valence-electron chi connectivity index (χ3n) is 4.36. The van der Waals surface area contributed by atoms with Crippen molar-refractivity contribution < 1.29 is 17.6 Å². The summed E-state index contributed by atoms with van der Waals surface area (Å²) in [4.78, 5) is 15.6. The Hall–Kier alpha value is -2.51. The zero-order valence-corrected chi connectivity index (χ0v) is 17.4. The molecule has 0 saturated heterocycles. The molecule has 0 aliphatic rings. The summed E-state index contributed by atoms with van der Waals surface area (Å²) in [5, 5.41) is 0. The Bertz CT molecular complexity index is 1100. The Morgan fingerprint density at radius 2 is 1.57 bits per heavy atom. The van der Waals surface area contributed by atoms with Crippen molar-refractivity contribution in [2.24, 2.45) is 0 Å². The van der Waals surface area contributed by atoms with Gasteiger partial charge in [-0.1, -0.05) is 31.2 Å². The van der Waals surface area contributed by atoms with Crippen LogP contribution < -0.4 is 0 Å². The minimum Gasteiger partial charge on any atom is -0.344 e. The van der Waals surface area contributed by atoms with Gasteiger partial charge in [0.15, 0.2) is 9.84 Å². The van der Waals surface area contributed by atoms with E-state index < -0.39 is 9.84 Å². The molecule has 0 unspecified atom stereocenters. The van der Waals surface area contributed by atoms with Crippen LogP contribution in [0.25, 0.3) is 21.6 Å². The molecule has 1 heterocycles. The summed E-state index contributed by atoms with van der Waals surface area (Å²) in [7, 11) is 0.0849. The predicted octanol–water partition coefficient (Wildman–Crippen LogP) is 4.72. The first-order chi connectivity index (χ1) is 13.2. The zero-order valence-electron chi connectivity index (χ0n) is 15.8. The van der Waals surface area contributed by atoms with Crippen LogP contribution in [0.3, 0.4) is 0 Å². The lowest BCUT2D eigenvalue weighted by molar-refractivity contribution is 0.0832. The molecule has 0 bridgehead atoms. The van der Waals surface area contributed by atoms with E-state index in [9.17, 15) is 17.6 Å². The summed E-state index contributed by atoms with van der Waals surface area (Å²) in [5.74, 6) is -0.419. The molecule has 7 heteroatoms. The minimum atomic E-state index is -3.28. The van der Waals surface area contributed by atoms with Gasteiger partial charge in [0.05, 0.1) is 15.5 Å². The van der Waals surface area contributed by atoms with Crippen molar-refractivity contribution in [2.45, 2.75) is 11.8 Å². The maximum atomic E-state index is 13.3. The van der Waals surface area contributed by atoms with Crippen LogP contribution in [0.15, 0.2) is 59.5 Å². The van der Waals surface area contributed by atoms with Gasteiger partial charge >= 0.3 is 0 Å². The molecule has 1 aromatic heterocycles. The first kappa shape index (κ1) is 20.2.